The van der Waals surface area contributed by atoms with Crippen LogP contribution in [0, 0.1) is 0 Å². The zero-order chi connectivity index (χ0) is 24.9. The number of halogens is 1. The smallest absolute Gasteiger partial charge is 0.337 e. The van der Waals surface area contributed by atoms with Crippen LogP contribution in [0.5, 0.6) is 0 Å². The normalized spacial score (nSPS) is 15.3. The van der Waals surface area contributed by atoms with E-state index in [0.29, 0.717) is 33.6 Å². The fourth-order valence-electron chi connectivity index (χ4n) is 3.81. The van der Waals surface area contributed by atoms with Gasteiger partial charge >= 0.3 is 5.97 Å². The molecule has 7 nitrogen and oxygen atoms in total. The molecule has 0 saturated carbocycles. The number of ether oxygens (including phenoxy) is 1. The highest BCUT2D eigenvalue weighted by atomic mass is 35.5. The summed E-state index contributed by atoms with van der Waals surface area (Å²) in [6, 6.07) is 21.9. The number of rotatable bonds is 7. The third-order valence-corrected chi connectivity index (χ3v) is 6.24. The summed E-state index contributed by atoms with van der Waals surface area (Å²) < 4.78 is 4.69. The molecule has 0 bridgehead atoms. The average molecular weight is 508 g/mol. The molecule has 2 amide bonds. The summed E-state index contributed by atoms with van der Waals surface area (Å²) >= 11 is 11.7. The van der Waals surface area contributed by atoms with Crippen LogP contribution in [0.1, 0.15) is 22.3 Å². The standard InChI is InChI=1S/C26H22ClN3O4S/c1-34-25(33)18-9-13-20(14-10-18)28-23(31)15-22-24(32)30(21-5-3-2-4-6-21)26(35)29(22)16-17-7-11-19(27)12-8-17/h2-14,22H,15-16H2,1H3,(H,28,31)/t22-/m1/s1. The minimum Gasteiger partial charge on any atom is -0.465 e. The fourth-order valence-corrected chi connectivity index (χ4v) is 4.32. The molecule has 0 radical (unpaired) electrons. The van der Waals surface area contributed by atoms with Gasteiger partial charge in [0.15, 0.2) is 5.11 Å². The van der Waals surface area contributed by atoms with E-state index in [1.807, 2.05) is 30.3 Å². The summed E-state index contributed by atoms with van der Waals surface area (Å²) in [6.45, 7) is 0.344. The first kappa shape index (κ1) is 24.4. The van der Waals surface area contributed by atoms with Crippen molar-refractivity contribution in [2.75, 3.05) is 17.3 Å². The number of benzene rings is 3. The molecule has 4 rings (SSSR count). The molecule has 1 aliphatic heterocycles. The van der Waals surface area contributed by atoms with E-state index >= 15 is 0 Å². The Morgan fingerprint density at radius 2 is 1.66 bits per heavy atom. The van der Waals surface area contributed by atoms with Gasteiger partial charge in [0, 0.05) is 17.3 Å². The van der Waals surface area contributed by atoms with Crippen molar-refractivity contribution in [3.63, 3.8) is 0 Å². The van der Waals surface area contributed by atoms with Crippen LogP contribution in [0.15, 0.2) is 78.9 Å². The number of hydrogen-bond donors (Lipinski definition) is 1. The van der Waals surface area contributed by atoms with Crippen molar-refractivity contribution in [1.29, 1.82) is 0 Å². The number of carbonyl (C=O) groups is 3. The lowest BCUT2D eigenvalue weighted by molar-refractivity contribution is -0.124. The molecule has 178 valence electrons. The van der Waals surface area contributed by atoms with Crippen LogP contribution in [0.2, 0.25) is 5.02 Å². The molecule has 1 aliphatic rings. The third-order valence-electron chi connectivity index (χ3n) is 5.57. The van der Waals surface area contributed by atoms with Gasteiger partial charge in [0.1, 0.15) is 6.04 Å². The monoisotopic (exact) mass is 507 g/mol. The quantitative estimate of drug-likeness (QED) is 0.370. The molecule has 0 unspecified atom stereocenters. The van der Waals surface area contributed by atoms with Crippen LogP contribution < -0.4 is 10.2 Å². The van der Waals surface area contributed by atoms with Crippen molar-refractivity contribution in [3.8, 4) is 0 Å². The van der Waals surface area contributed by atoms with Crippen LogP contribution in [-0.4, -0.2) is 40.9 Å². The van der Waals surface area contributed by atoms with Gasteiger partial charge < -0.3 is 15.0 Å². The Bertz CT molecular complexity index is 1250. The number of esters is 1. The maximum Gasteiger partial charge on any atom is 0.337 e. The second kappa shape index (κ2) is 10.7. The minimum atomic E-state index is -0.785. The van der Waals surface area contributed by atoms with Gasteiger partial charge in [0.2, 0.25) is 5.91 Å². The van der Waals surface area contributed by atoms with E-state index in [1.54, 1.807) is 53.4 Å². The van der Waals surface area contributed by atoms with Crippen molar-refractivity contribution in [1.82, 2.24) is 4.90 Å². The lowest BCUT2D eigenvalue weighted by Gasteiger charge is -2.24. The Morgan fingerprint density at radius 3 is 2.29 bits per heavy atom. The number of nitrogens with one attached hydrogen (secondary N) is 1. The van der Waals surface area contributed by atoms with Crippen molar-refractivity contribution >= 4 is 58.1 Å². The highest BCUT2D eigenvalue weighted by Gasteiger charge is 2.44. The Morgan fingerprint density at radius 1 is 1.00 bits per heavy atom. The number of methoxy groups -OCH3 is 1. The number of amides is 2. The van der Waals surface area contributed by atoms with Gasteiger partial charge in [0.25, 0.3) is 5.91 Å². The van der Waals surface area contributed by atoms with E-state index in [4.69, 9.17) is 23.8 Å². The van der Waals surface area contributed by atoms with E-state index in [1.165, 1.54) is 12.0 Å². The van der Waals surface area contributed by atoms with Crippen molar-refractivity contribution in [2.45, 2.75) is 19.0 Å². The molecule has 35 heavy (non-hydrogen) atoms. The van der Waals surface area contributed by atoms with Gasteiger partial charge in [-0.15, -0.1) is 0 Å². The van der Waals surface area contributed by atoms with Gasteiger partial charge in [-0.1, -0.05) is 41.9 Å². The summed E-state index contributed by atoms with van der Waals surface area (Å²) in [5.41, 5.74) is 2.42. The Balaban J connectivity index is 1.55. The summed E-state index contributed by atoms with van der Waals surface area (Å²) in [5.74, 6) is -1.09. The number of para-hydroxylation sites is 1. The predicted octanol–water partition coefficient (Wildman–Crippen LogP) is 4.66. The van der Waals surface area contributed by atoms with Crippen molar-refractivity contribution < 1.29 is 19.1 Å². The highest BCUT2D eigenvalue weighted by Crippen LogP contribution is 2.29. The van der Waals surface area contributed by atoms with Gasteiger partial charge in [0.05, 0.1) is 24.8 Å². The van der Waals surface area contributed by atoms with Gasteiger partial charge in [-0.05, 0) is 66.3 Å². The lowest BCUT2D eigenvalue weighted by Crippen LogP contribution is -2.37. The van der Waals surface area contributed by atoms with E-state index in [-0.39, 0.29) is 18.2 Å². The molecular weight excluding hydrogens is 486 g/mol. The van der Waals surface area contributed by atoms with Crippen molar-refractivity contribution in [3.05, 3.63) is 95.0 Å². The Hall–Kier alpha value is -3.75. The second-order valence-corrected chi connectivity index (χ2v) is 8.68. The molecule has 1 heterocycles. The van der Waals surface area contributed by atoms with Crippen LogP contribution in [-0.2, 0) is 20.9 Å². The number of hydrogen-bond acceptors (Lipinski definition) is 5. The minimum absolute atomic E-state index is 0.103. The second-order valence-electron chi connectivity index (χ2n) is 7.88. The largest absolute Gasteiger partial charge is 0.465 e. The molecule has 3 aromatic carbocycles. The SMILES string of the molecule is COC(=O)c1ccc(NC(=O)C[C@@H]2C(=O)N(c3ccccc3)C(=S)N2Cc2ccc(Cl)cc2)cc1. The number of carbonyl (C=O) groups excluding carboxylic acids is 3. The summed E-state index contributed by atoms with van der Waals surface area (Å²) in [4.78, 5) is 41.2. The fraction of sp³-hybridized carbons (Fsp3) is 0.154. The van der Waals surface area contributed by atoms with E-state index in [9.17, 15) is 14.4 Å². The molecule has 1 saturated heterocycles. The molecule has 1 atom stereocenters. The van der Waals surface area contributed by atoms with Crippen LogP contribution in [0.3, 0.4) is 0 Å². The Labute approximate surface area is 213 Å². The number of anilines is 2. The lowest BCUT2D eigenvalue weighted by atomic mass is 10.1. The first-order valence-electron chi connectivity index (χ1n) is 10.8. The molecule has 0 spiro atoms. The topological polar surface area (TPSA) is 78.9 Å². The molecule has 3 aromatic rings. The molecular formula is C26H22ClN3O4S. The van der Waals surface area contributed by atoms with Gasteiger partial charge in [-0.25, -0.2) is 4.79 Å². The first-order valence-corrected chi connectivity index (χ1v) is 11.6. The van der Waals surface area contributed by atoms with E-state index < -0.39 is 12.0 Å². The molecule has 0 aliphatic carbocycles. The van der Waals surface area contributed by atoms with Gasteiger partial charge in [-0.2, -0.15) is 0 Å². The first-order chi connectivity index (χ1) is 16.9. The van der Waals surface area contributed by atoms with Crippen LogP contribution >= 0.6 is 23.8 Å². The van der Waals surface area contributed by atoms with Crippen LogP contribution in [0.25, 0.3) is 0 Å². The van der Waals surface area contributed by atoms with E-state index in [2.05, 4.69) is 10.1 Å². The van der Waals surface area contributed by atoms with Crippen molar-refractivity contribution in [2.24, 2.45) is 0 Å². The summed E-state index contributed by atoms with van der Waals surface area (Å²) in [6.07, 6.45) is -0.103. The average Bonchev–Trinajstić information content (AvgIpc) is 3.09. The molecule has 1 N–H and O–H groups in total. The third kappa shape index (κ3) is 5.50. The molecule has 1 fully saturated rings. The zero-order valence-electron chi connectivity index (χ0n) is 18.8. The maximum atomic E-state index is 13.5. The number of thiocarbonyl (C=S) groups is 1. The van der Waals surface area contributed by atoms with Crippen LogP contribution in [0.4, 0.5) is 11.4 Å². The molecule has 0 aromatic heterocycles. The highest BCUT2D eigenvalue weighted by molar-refractivity contribution is 7.80. The predicted molar refractivity (Wildman–Crippen MR) is 138 cm³/mol. The number of nitrogens with zero attached hydrogens (tertiary/aromatic N) is 2. The molecule has 9 heteroatoms. The Kier molecular flexibility index (Phi) is 7.43. The van der Waals surface area contributed by atoms with Gasteiger partial charge in [-0.3, -0.25) is 14.5 Å². The zero-order valence-corrected chi connectivity index (χ0v) is 20.4. The summed E-state index contributed by atoms with van der Waals surface area (Å²) in [5, 5.41) is 3.72. The van der Waals surface area contributed by atoms with E-state index in [0.717, 1.165) is 5.56 Å². The maximum absolute atomic E-state index is 13.5. The summed E-state index contributed by atoms with van der Waals surface area (Å²) in [7, 11) is 1.30.